The molecule has 2 N–H and O–H groups in total. The van der Waals surface area contributed by atoms with E-state index in [4.69, 9.17) is 9.47 Å². The van der Waals surface area contributed by atoms with Crippen LogP contribution < -0.4 is 20.1 Å². The van der Waals surface area contributed by atoms with Gasteiger partial charge in [0.05, 0.1) is 19.6 Å². The van der Waals surface area contributed by atoms with E-state index in [1.54, 1.807) is 14.2 Å². The number of rotatable bonds is 3. The van der Waals surface area contributed by atoms with Crippen LogP contribution in [0.5, 0.6) is 11.5 Å². The molecule has 3 rings (SSSR count). The molecule has 2 heterocycles. The van der Waals surface area contributed by atoms with Gasteiger partial charge in [-0.1, -0.05) is 6.07 Å². The summed E-state index contributed by atoms with van der Waals surface area (Å²) in [5.74, 6) is 1.84. The lowest BCUT2D eigenvalue weighted by Crippen LogP contribution is -2.44. The molecule has 122 valence electrons. The first-order valence-corrected chi connectivity index (χ1v) is 7.42. The Morgan fingerprint density at radius 1 is 1.14 bits per heavy atom. The zero-order valence-electron chi connectivity index (χ0n) is 13.0. The third-order valence-electron chi connectivity index (χ3n) is 4.89. The van der Waals surface area contributed by atoms with Crippen molar-refractivity contribution in [1.29, 1.82) is 0 Å². The molecule has 1 spiro atoms. The fourth-order valence-corrected chi connectivity index (χ4v) is 3.68. The van der Waals surface area contributed by atoms with E-state index in [9.17, 15) is 4.79 Å². The average Bonchev–Trinajstić information content (AvgIpc) is 2.84. The molecule has 1 aromatic carbocycles. The lowest BCUT2D eigenvalue weighted by Gasteiger charge is -2.36. The minimum absolute atomic E-state index is 0. The van der Waals surface area contributed by atoms with Crippen LogP contribution in [0.25, 0.3) is 0 Å². The van der Waals surface area contributed by atoms with Gasteiger partial charge in [0.15, 0.2) is 11.5 Å². The van der Waals surface area contributed by atoms with Gasteiger partial charge < -0.3 is 20.1 Å². The molecule has 0 radical (unpaired) electrons. The van der Waals surface area contributed by atoms with Gasteiger partial charge in [-0.05, 0) is 43.6 Å². The number of hydrogen-bond acceptors (Lipinski definition) is 4. The second kappa shape index (κ2) is 6.75. The van der Waals surface area contributed by atoms with E-state index in [2.05, 4.69) is 16.7 Å². The zero-order valence-corrected chi connectivity index (χ0v) is 13.8. The molecule has 6 heteroatoms. The van der Waals surface area contributed by atoms with Gasteiger partial charge in [-0.3, -0.25) is 4.79 Å². The molecule has 5 nitrogen and oxygen atoms in total. The van der Waals surface area contributed by atoms with E-state index >= 15 is 0 Å². The Morgan fingerprint density at radius 3 is 2.45 bits per heavy atom. The van der Waals surface area contributed by atoms with Crippen molar-refractivity contribution >= 4 is 18.3 Å². The Balaban J connectivity index is 0.00000176. The van der Waals surface area contributed by atoms with Crippen LogP contribution in [0.15, 0.2) is 18.2 Å². The van der Waals surface area contributed by atoms with Gasteiger partial charge in [0.1, 0.15) is 0 Å². The lowest BCUT2D eigenvalue weighted by atomic mass is 9.68. The first-order chi connectivity index (χ1) is 10.2. The van der Waals surface area contributed by atoms with E-state index in [0.717, 1.165) is 43.0 Å². The predicted molar refractivity (Wildman–Crippen MR) is 87.1 cm³/mol. The molecular weight excluding hydrogens is 304 g/mol. The molecular formula is C16H23ClN2O3. The second-order valence-electron chi connectivity index (χ2n) is 5.78. The summed E-state index contributed by atoms with van der Waals surface area (Å²) in [6.45, 7) is 2.50. The van der Waals surface area contributed by atoms with Gasteiger partial charge in [0, 0.05) is 12.5 Å². The van der Waals surface area contributed by atoms with Gasteiger partial charge in [-0.25, -0.2) is 0 Å². The molecule has 22 heavy (non-hydrogen) atoms. The minimum Gasteiger partial charge on any atom is -0.493 e. The van der Waals surface area contributed by atoms with Gasteiger partial charge in [0.25, 0.3) is 0 Å². The highest BCUT2D eigenvalue weighted by Crippen LogP contribution is 2.47. The first-order valence-electron chi connectivity index (χ1n) is 7.42. The molecule has 1 amide bonds. The van der Waals surface area contributed by atoms with Crippen molar-refractivity contribution in [3.63, 3.8) is 0 Å². The Bertz CT molecular complexity index is 544. The maximum absolute atomic E-state index is 12.4. The molecule has 2 aliphatic rings. The van der Waals surface area contributed by atoms with Crippen molar-refractivity contribution in [2.24, 2.45) is 5.41 Å². The maximum atomic E-state index is 12.4. The highest BCUT2D eigenvalue weighted by atomic mass is 35.5. The van der Waals surface area contributed by atoms with Crippen LogP contribution >= 0.6 is 12.4 Å². The number of ether oxygens (including phenoxy) is 2. The number of benzene rings is 1. The number of halogens is 1. The summed E-state index contributed by atoms with van der Waals surface area (Å²) in [6, 6.07) is 5.98. The molecule has 0 saturated carbocycles. The van der Waals surface area contributed by atoms with Gasteiger partial charge in [0.2, 0.25) is 5.91 Å². The van der Waals surface area contributed by atoms with Crippen molar-refractivity contribution in [3.05, 3.63) is 23.8 Å². The molecule has 2 fully saturated rings. The van der Waals surface area contributed by atoms with E-state index in [0.29, 0.717) is 6.54 Å². The number of amides is 1. The van der Waals surface area contributed by atoms with Crippen LogP contribution in [0, 0.1) is 5.41 Å². The van der Waals surface area contributed by atoms with E-state index in [-0.39, 0.29) is 29.6 Å². The quantitative estimate of drug-likeness (QED) is 0.888. The average molecular weight is 327 g/mol. The molecule has 0 aliphatic carbocycles. The van der Waals surface area contributed by atoms with Crippen LogP contribution in [0.3, 0.4) is 0 Å². The Labute approximate surface area is 137 Å². The van der Waals surface area contributed by atoms with Gasteiger partial charge in [-0.15, -0.1) is 12.4 Å². The molecule has 2 aliphatic heterocycles. The summed E-state index contributed by atoms with van der Waals surface area (Å²) < 4.78 is 10.7. The Kier molecular flexibility index (Phi) is 5.19. The summed E-state index contributed by atoms with van der Waals surface area (Å²) in [5.41, 5.74) is 0.873. The minimum atomic E-state index is -0.273. The Hall–Kier alpha value is -1.46. The number of nitrogens with one attached hydrogen (secondary N) is 2. The van der Waals surface area contributed by atoms with E-state index < -0.39 is 0 Å². The molecule has 2 saturated heterocycles. The second-order valence-corrected chi connectivity index (χ2v) is 5.78. The van der Waals surface area contributed by atoms with Crippen molar-refractivity contribution in [2.75, 3.05) is 33.9 Å². The normalized spacial score (nSPS) is 22.8. The largest absolute Gasteiger partial charge is 0.493 e. The summed E-state index contributed by atoms with van der Waals surface area (Å²) in [5, 5.41) is 6.40. The predicted octanol–water partition coefficient (Wildman–Crippen LogP) is 1.71. The van der Waals surface area contributed by atoms with Crippen LogP contribution in [0.1, 0.15) is 24.3 Å². The van der Waals surface area contributed by atoms with Gasteiger partial charge in [-0.2, -0.15) is 0 Å². The van der Waals surface area contributed by atoms with Crippen molar-refractivity contribution in [2.45, 2.75) is 18.8 Å². The number of methoxy groups -OCH3 is 2. The van der Waals surface area contributed by atoms with Crippen LogP contribution in [0.2, 0.25) is 0 Å². The standard InChI is InChI=1S/C16H22N2O3.ClH/c1-20-13-4-3-11(9-14(13)21-2)12-10-18-15(19)16(12)5-7-17-8-6-16;/h3-4,9,12,17H,5-8,10H2,1-2H3,(H,18,19);1H. The summed E-state index contributed by atoms with van der Waals surface area (Å²) >= 11 is 0. The SMILES string of the molecule is COc1ccc(C2CNC(=O)C23CCNCC3)cc1OC.Cl. The topological polar surface area (TPSA) is 59.6 Å². The highest BCUT2D eigenvalue weighted by molar-refractivity contribution is 5.86. The molecule has 0 aromatic heterocycles. The number of carbonyl (C=O) groups excluding carboxylic acids is 1. The fraction of sp³-hybridized carbons (Fsp3) is 0.562. The summed E-state index contributed by atoms with van der Waals surface area (Å²) in [6.07, 6.45) is 1.77. The lowest BCUT2D eigenvalue weighted by molar-refractivity contribution is -0.129. The maximum Gasteiger partial charge on any atom is 0.227 e. The van der Waals surface area contributed by atoms with Crippen molar-refractivity contribution in [3.8, 4) is 11.5 Å². The van der Waals surface area contributed by atoms with Crippen molar-refractivity contribution in [1.82, 2.24) is 10.6 Å². The van der Waals surface area contributed by atoms with Crippen LogP contribution in [-0.2, 0) is 4.79 Å². The number of piperidine rings is 1. The van der Waals surface area contributed by atoms with Crippen LogP contribution in [0.4, 0.5) is 0 Å². The molecule has 0 bridgehead atoms. The smallest absolute Gasteiger partial charge is 0.227 e. The highest BCUT2D eigenvalue weighted by Gasteiger charge is 2.51. The van der Waals surface area contributed by atoms with E-state index in [1.807, 2.05) is 12.1 Å². The summed E-state index contributed by atoms with van der Waals surface area (Å²) in [4.78, 5) is 12.4. The van der Waals surface area contributed by atoms with Gasteiger partial charge >= 0.3 is 0 Å². The molecule has 1 aromatic rings. The molecule has 1 atom stereocenters. The summed E-state index contributed by atoms with van der Waals surface area (Å²) in [7, 11) is 3.27. The number of hydrogen-bond donors (Lipinski definition) is 2. The van der Waals surface area contributed by atoms with Crippen LogP contribution in [-0.4, -0.2) is 39.8 Å². The van der Waals surface area contributed by atoms with E-state index in [1.165, 1.54) is 0 Å². The fourth-order valence-electron chi connectivity index (χ4n) is 3.68. The molecule has 1 unspecified atom stereocenters. The van der Waals surface area contributed by atoms with Crippen molar-refractivity contribution < 1.29 is 14.3 Å². The zero-order chi connectivity index (χ0) is 14.9. The third kappa shape index (κ3) is 2.63. The third-order valence-corrected chi connectivity index (χ3v) is 4.89. The first kappa shape index (κ1) is 16.9. The Morgan fingerprint density at radius 2 is 1.82 bits per heavy atom. The number of carbonyl (C=O) groups is 1. The monoisotopic (exact) mass is 326 g/mol.